The van der Waals surface area contributed by atoms with Gasteiger partial charge in [-0.2, -0.15) is 0 Å². The van der Waals surface area contributed by atoms with E-state index in [9.17, 15) is 4.79 Å². The highest BCUT2D eigenvalue weighted by molar-refractivity contribution is 7.99. The lowest BCUT2D eigenvalue weighted by Gasteiger charge is -2.15. The number of amides is 1. The Morgan fingerprint density at radius 2 is 2.08 bits per heavy atom. The van der Waals surface area contributed by atoms with Crippen molar-refractivity contribution in [1.29, 1.82) is 0 Å². The van der Waals surface area contributed by atoms with Gasteiger partial charge in [-0.1, -0.05) is 41.6 Å². The molecular weight excluding hydrogens is 358 g/mol. The molecule has 1 atom stereocenters. The zero-order valence-corrected chi connectivity index (χ0v) is 15.7. The van der Waals surface area contributed by atoms with E-state index in [0.717, 1.165) is 22.7 Å². The van der Waals surface area contributed by atoms with E-state index in [-0.39, 0.29) is 17.7 Å². The minimum absolute atomic E-state index is 0.0908. The monoisotopic (exact) mass is 375 g/mol. The standard InChI is InChI=1S/C17H18ClN5OS/c1-10-8-15-21-22-17(23(15)12(3)19-10)25-9-16(24)20-11(2)13-6-4-5-7-14(13)18/h4-8,11H,9H2,1-3H3,(H,20,24). The molecule has 1 amide bonds. The number of nitrogens with zero attached hydrogens (tertiary/aromatic N) is 4. The third-order valence-electron chi connectivity index (χ3n) is 3.74. The van der Waals surface area contributed by atoms with Crippen LogP contribution in [0.1, 0.15) is 30.0 Å². The molecule has 130 valence electrons. The Hall–Kier alpha value is -2.12. The average Bonchev–Trinajstić information content (AvgIpc) is 2.96. The summed E-state index contributed by atoms with van der Waals surface area (Å²) in [4.78, 5) is 16.7. The van der Waals surface area contributed by atoms with Crippen LogP contribution in [0, 0.1) is 13.8 Å². The molecule has 0 spiro atoms. The second kappa shape index (κ2) is 7.41. The van der Waals surface area contributed by atoms with Crippen molar-refractivity contribution < 1.29 is 4.79 Å². The molecule has 0 aliphatic heterocycles. The van der Waals surface area contributed by atoms with Gasteiger partial charge in [-0.3, -0.25) is 9.20 Å². The van der Waals surface area contributed by atoms with Crippen LogP contribution in [0.3, 0.4) is 0 Å². The summed E-state index contributed by atoms with van der Waals surface area (Å²) in [7, 11) is 0. The molecule has 0 bridgehead atoms. The van der Waals surface area contributed by atoms with E-state index in [1.54, 1.807) is 0 Å². The Balaban J connectivity index is 1.66. The third-order valence-corrected chi connectivity index (χ3v) is 5.01. The van der Waals surface area contributed by atoms with Crippen LogP contribution in [0.15, 0.2) is 35.5 Å². The maximum atomic E-state index is 12.3. The van der Waals surface area contributed by atoms with Crippen molar-refractivity contribution in [3.05, 3.63) is 52.4 Å². The number of fused-ring (bicyclic) bond motifs is 1. The molecule has 0 aliphatic carbocycles. The van der Waals surface area contributed by atoms with Gasteiger partial charge in [0.25, 0.3) is 0 Å². The van der Waals surface area contributed by atoms with Gasteiger partial charge in [0.05, 0.1) is 11.8 Å². The molecule has 25 heavy (non-hydrogen) atoms. The number of carbonyl (C=O) groups excluding carboxylic acids is 1. The molecule has 2 aromatic heterocycles. The number of rotatable bonds is 5. The van der Waals surface area contributed by atoms with Crippen LogP contribution >= 0.6 is 23.4 Å². The smallest absolute Gasteiger partial charge is 0.230 e. The van der Waals surface area contributed by atoms with Gasteiger partial charge in [0, 0.05) is 16.8 Å². The summed E-state index contributed by atoms with van der Waals surface area (Å²) in [5.41, 5.74) is 2.52. The normalized spacial score (nSPS) is 12.3. The van der Waals surface area contributed by atoms with E-state index in [2.05, 4.69) is 20.5 Å². The van der Waals surface area contributed by atoms with Gasteiger partial charge in [0.1, 0.15) is 5.82 Å². The van der Waals surface area contributed by atoms with Crippen molar-refractivity contribution in [2.45, 2.75) is 32.0 Å². The van der Waals surface area contributed by atoms with E-state index < -0.39 is 0 Å². The van der Waals surface area contributed by atoms with Gasteiger partial charge in [0.2, 0.25) is 5.91 Å². The van der Waals surface area contributed by atoms with E-state index in [1.807, 2.05) is 55.5 Å². The minimum Gasteiger partial charge on any atom is -0.349 e. The van der Waals surface area contributed by atoms with Crippen LogP contribution in [0.2, 0.25) is 5.02 Å². The van der Waals surface area contributed by atoms with Crippen LogP contribution in [0.25, 0.3) is 5.65 Å². The highest BCUT2D eigenvalue weighted by atomic mass is 35.5. The molecule has 0 saturated carbocycles. The van der Waals surface area contributed by atoms with Gasteiger partial charge >= 0.3 is 0 Å². The average molecular weight is 376 g/mol. The Bertz CT molecular complexity index is 927. The SMILES string of the molecule is Cc1cc2nnc(SCC(=O)NC(C)c3ccccc3Cl)n2c(C)n1. The van der Waals surface area contributed by atoms with Crippen molar-refractivity contribution in [2.75, 3.05) is 5.75 Å². The Kier molecular flexibility index (Phi) is 5.24. The first-order valence-corrected chi connectivity index (χ1v) is 9.18. The molecule has 2 heterocycles. The van der Waals surface area contributed by atoms with E-state index >= 15 is 0 Å². The largest absolute Gasteiger partial charge is 0.349 e. The molecule has 1 aromatic carbocycles. The fourth-order valence-electron chi connectivity index (χ4n) is 2.61. The van der Waals surface area contributed by atoms with Crippen molar-refractivity contribution >= 4 is 34.9 Å². The van der Waals surface area contributed by atoms with Crippen LogP contribution in [-0.2, 0) is 4.79 Å². The molecule has 8 heteroatoms. The summed E-state index contributed by atoms with van der Waals surface area (Å²) in [6.07, 6.45) is 0. The van der Waals surface area contributed by atoms with Crippen LogP contribution in [0.4, 0.5) is 0 Å². The van der Waals surface area contributed by atoms with Crippen LogP contribution in [-0.4, -0.2) is 31.2 Å². The van der Waals surface area contributed by atoms with Gasteiger partial charge < -0.3 is 5.32 Å². The topological polar surface area (TPSA) is 72.2 Å². The molecule has 3 aromatic rings. The summed E-state index contributed by atoms with van der Waals surface area (Å²) in [5, 5.41) is 12.5. The fraction of sp³-hybridized carbons (Fsp3) is 0.294. The maximum absolute atomic E-state index is 12.3. The summed E-state index contributed by atoms with van der Waals surface area (Å²) in [6.45, 7) is 5.72. The molecule has 1 unspecified atom stereocenters. The summed E-state index contributed by atoms with van der Waals surface area (Å²) >= 11 is 7.50. The Morgan fingerprint density at radius 3 is 2.84 bits per heavy atom. The lowest BCUT2D eigenvalue weighted by atomic mass is 10.1. The fourth-order valence-corrected chi connectivity index (χ4v) is 3.71. The number of aromatic nitrogens is 4. The van der Waals surface area contributed by atoms with Crippen molar-refractivity contribution in [3.63, 3.8) is 0 Å². The number of hydrogen-bond donors (Lipinski definition) is 1. The lowest BCUT2D eigenvalue weighted by molar-refractivity contribution is -0.119. The summed E-state index contributed by atoms with van der Waals surface area (Å²) < 4.78 is 1.85. The lowest BCUT2D eigenvalue weighted by Crippen LogP contribution is -2.28. The number of benzene rings is 1. The predicted octanol–water partition coefficient (Wildman–Crippen LogP) is 3.36. The highest BCUT2D eigenvalue weighted by Gasteiger charge is 2.15. The number of halogens is 1. The van der Waals surface area contributed by atoms with Gasteiger partial charge in [-0.25, -0.2) is 4.98 Å². The zero-order valence-electron chi connectivity index (χ0n) is 14.2. The number of aryl methyl sites for hydroxylation is 2. The van der Waals surface area contributed by atoms with Gasteiger partial charge in [-0.15, -0.1) is 10.2 Å². The van der Waals surface area contributed by atoms with E-state index in [4.69, 9.17) is 11.6 Å². The molecule has 3 rings (SSSR count). The quantitative estimate of drug-likeness (QED) is 0.692. The zero-order chi connectivity index (χ0) is 18.0. The first-order valence-electron chi connectivity index (χ1n) is 7.81. The number of hydrogen-bond acceptors (Lipinski definition) is 5. The number of nitrogens with one attached hydrogen (secondary N) is 1. The Morgan fingerprint density at radius 1 is 1.32 bits per heavy atom. The predicted molar refractivity (Wildman–Crippen MR) is 99.0 cm³/mol. The molecule has 6 nitrogen and oxygen atoms in total. The maximum Gasteiger partial charge on any atom is 0.230 e. The van der Waals surface area contributed by atoms with Gasteiger partial charge in [0.15, 0.2) is 10.8 Å². The third kappa shape index (κ3) is 3.93. The Labute approximate surface area is 155 Å². The molecule has 0 saturated heterocycles. The van der Waals surface area contributed by atoms with Crippen molar-refractivity contribution in [3.8, 4) is 0 Å². The summed E-state index contributed by atoms with van der Waals surface area (Å²) in [5.74, 6) is 0.947. The van der Waals surface area contributed by atoms with Crippen LogP contribution in [0.5, 0.6) is 0 Å². The minimum atomic E-state index is -0.164. The number of carbonyl (C=O) groups is 1. The second-order valence-corrected chi connectivity index (χ2v) is 7.07. The van der Waals surface area contributed by atoms with Gasteiger partial charge in [-0.05, 0) is 32.4 Å². The molecule has 1 N–H and O–H groups in total. The van der Waals surface area contributed by atoms with Crippen molar-refractivity contribution in [1.82, 2.24) is 24.9 Å². The summed E-state index contributed by atoms with van der Waals surface area (Å²) in [6, 6.07) is 9.19. The first-order chi connectivity index (χ1) is 12.0. The van der Waals surface area contributed by atoms with E-state index in [1.165, 1.54) is 11.8 Å². The van der Waals surface area contributed by atoms with E-state index in [0.29, 0.717) is 10.2 Å². The molecular formula is C17H18ClN5OS. The van der Waals surface area contributed by atoms with Crippen LogP contribution < -0.4 is 5.32 Å². The first kappa shape index (κ1) is 17.7. The molecule has 0 fully saturated rings. The second-order valence-electron chi connectivity index (χ2n) is 5.72. The molecule has 0 aliphatic rings. The highest BCUT2D eigenvalue weighted by Crippen LogP contribution is 2.23. The van der Waals surface area contributed by atoms with Crippen molar-refractivity contribution in [2.24, 2.45) is 0 Å². The molecule has 0 radical (unpaired) electrons. The number of thioether (sulfide) groups is 1.